The van der Waals surface area contributed by atoms with E-state index in [-0.39, 0.29) is 11.7 Å². The van der Waals surface area contributed by atoms with E-state index in [9.17, 15) is 4.79 Å². The van der Waals surface area contributed by atoms with Gasteiger partial charge in [-0.3, -0.25) is 4.79 Å². The van der Waals surface area contributed by atoms with Gasteiger partial charge in [-0.1, -0.05) is 77.8 Å². The number of unbranched alkanes of at least 4 members (excludes halogenated alkanes) is 1. The first-order chi connectivity index (χ1) is 17.2. The second-order valence-electron chi connectivity index (χ2n) is 9.29. The lowest BCUT2D eigenvalue weighted by molar-refractivity contribution is -0.116. The monoisotopic (exact) mass is 534 g/mol. The lowest BCUT2D eigenvalue weighted by Gasteiger charge is -2.35. The normalized spacial score (nSPS) is 17.0. The van der Waals surface area contributed by atoms with Crippen LogP contribution in [0.2, 0.25) is 0 Å². The number of ether oxygens (including phenoxy) is 2. The summed E-state index contributed by atoms with van der Waals surface area (Å²) in [6, 6.07) is 26.1. The summed E-state index contributed by atoms with van der Waals surface area (Å²) >= 11 is 3.21. The standard InChI is InChI=1S/C31H35BrO3/c1-2-3-19-35-28-16-18-30-25(21-28)13-17-29(23-8-5-4-6-9-23)31(30)24-11-14-27(15-12-24)34-20-7-10-26(33)22-32/h4-6,8-9,11-12,14-16,18,21,29,31H,2-3,7,10,13,17,19-20,22H2,1H3/t29-,31+/m1/s1. The van der Waals surface area contributed by atoms with E-state index < -0.39 is 0 Å². The summed E-state index contributed by atoms with van der Waals surface area (Å²) in [5.41, 5.74) is 5.49. The molecule has 3 aromatic carbocycles. The van der Waals surface area contributed by atoms with E-state index in [0.29, 0.717) is 24.3 Å². The third kappa shape index (κ3) is 6.76. The summed E-state index contributed by atoms with van der Waals surface area (Å²) in [6.45, 7) is 3.52. The summed E-state index contributed by atoms with van der Waals surface area (Å²) in [4.78, 5) is 11.5. The van der Waals surface area contributed by atoms with Crippen molar-refractivity contribution >= 4 is 21.7 Å². The molecule has 1 aliphatic rings. The molecule has 4 heteroatoms. The maximum atomic E-state index is 11.5. The molecule has 0 saturated carbocycles. The molecule has 1 aliphatic carbocycles. The van der Waals surface area contributed by atoms with E-state index in [1.807, 2.05) is 0 Å². The number of hydrogen-bond acceptors (Lipinski definition) is 3. The molecule has 4 rings (SSSR count). The Morgan fingerprint density at radius 3 is 2.34 bits per heavy atom. The lowest BCUT2D eigenvalue weighted by Crippen LogP contribution is -2.20. The molecule has 0 heterocycles. The van der Waals surface area contributed by atoms with E-state index in [2.05, 4.69) is 95.7 Å². The van der Waals surface area contributed by atoms with Gasteiger partial charge in [0.25, 0.3) is 0 Å². The summed E-state index contributed by atoms with van der Waals surface area (Å²) < 4.78 is 11.9. The van der Waals surface area contributed by atoms with Crippen LogP contribution >= 0.6 is 15.9 Å². The number of Topliss-reactive ketones (excluding diaryl/α,β-unsaturated/α-hetero) is 1. The van der Waals surface area contributed by atoms with Gasteiger partial charge in [0.2, 0.25) is 0 Å². The number of hydrogen-bond donors (Lipinski definition) is 0. The van der Waals surface area contributed by atoms with Gasteiger partial charge < -0.3 is 9.47 Å². The molecule has 0 aliphatic heterocycles. The molecule has 0 radical (unpaired) electrons. The Labute approximate surface area is 218 Å². The number of benzene rings is 3. The van der Waals surface area contributed by atoms with Crippen molar-refractivity contribution < 1.29 is 14.3 Å². The lowest BCUT2D eigenvalue weighted by atomic mass is 9.69. The smallest absolute Gasteiger partial charge is 0.143 e. The largest absolute Gasteiger partial charge is 0.494 e. The molecule has 0 aromatic heterocycles. The van der Waals surface area contributed by atoms with Gasteiger partial charge in [0.15, 0.2) is 0 Å². The van der Waals surface area contributed by atoms with Gasteiger partial charge in [-0.2, -0.15) is 0 Å². The number of ketones is 1. The van der Waals surface area contributed by atoms with Crippen molar-refractivity contribution in [2.75, 3.05) is 18.5 Å². The minimum Gasteiger partial charge on any atom is -0.494 e. The van der Waals surface area contributed by atoms with Crippen molar-refractivity contribution in [2.45, 2.75) is 57.3 Å². The van der Waals surface area contributed by atoms with Gasteiger partial charge in [0.05, 0.1) is 18.5 Å². The first-order valence-electron chi connectivity index (χ1n) is 12.8. The number of halogens is 1. The van der Waals surface area contributed by atoms with Crippen LogP contribution in [0.1, 0.15) is 73.1 Å². The molecule has 0 bridgehead atoms. The quantitative estimate of drug-likeness (QED) is 0.175. The molecular formula is C31H35BrO3. The predicted molar refractivity (Wildman–Crippen MR) is 146 cm³/mol. The summed E-state index contributed by atoms with van der Waals surface area (Å²) in [5.74, 6) is 2.77. The molecular weight excluding hydrogens is 500 g/mol. The predicted octanol–water partition coefficient (Wildman–Crippen LogP) is 7.85. The van der Waals surface area contributed by atoms with E-state index in [4.69, 9.17) is 9.47 Å². The van der Waals surface area contributed by atoms with Crippen LogP contribution in [0.4, 0.5) is 0 Å². The Hall–Kier alpha value is -2.59. The first kappa shape index (κ1) is 25.5. The molecule has 0 fully saturated rings. The number of carbonyl (C=O) groups excluding carboxylic acids is 1. The third-order valence-electron chi connectivity index (χ3n) is 6.83. The van der Waals surface area contributed by atoms with Crippen LogP contribution in [-0.2, 0) is 11.2 Å². The minimum absolute atomic E-state index is 0.214. The number of alkyl halides is 1. The van der Waals surface area contributed by atoms with Crippen LogP contribution in [0.5, 0.6) is 11.5 Å². The molecule has 3 nitrogen and oxygen atoms in total. The SMILES string of the molecule is CCCCOc1ccc2c(c1)CC[C@H](c1ccccc1)[C@@H]2c1ccc(OCCCC(=O)CBr)cc1. The Morgan fingerprint density at radius 1 is 0.886 bits per heavy atom. The van der Waals surface area contributed by atoms with Gasteiger partial charge in [-0.15, -0.1) is 0 Å². The number of carbonyl (C=O) groups is 1. The van der Waals surface area contributed by atoms with Gasteiger partial charge in [0.1, 0.15) is 17.3 Å². The van der Waals surface area contributed by atoms with Gasteiger partial charge in [0, 0.05) is 12.3 Å². The van der Waals surface area contributed by atoms with Crippen molar-refractivity contribution in [1.29, 1.82) is 0 Å². The summed E-state index contributed by atoms with van der Waals surface area (Å²) in [5, 5.41) is 0.416. The highest BCUT2D eigenvalue weighted by Crippen LogP contribution is 2.47. The first-order valence-corrected chi connectivity index (χ1v) is 13.9. The van der Waals surface area contributed by atoms with E-state index in [0.717, 1.165) is 50.2 Å². The van der Waals surface area contributed by atoms with E-state index >= 15 is 0 Å². The van der Waals surface area contributed by atoms with E-state index in [1.54, 1.807) is 0 Å². The molecule has 0 spiro atoms. The average molecular weight is 536 g/mol. The average Bonchev–Trinajstić information content (AvgIpc) is 2.91. The molecule has 35 heavy (non-hydrogen) atoms. The highest BCUT2D eigenvalue weighted by atomic mass is 79.9. The topological polar surface area (TPSA) is 35.5 Å². The van der Waals surface area contributed by atoms with Crippen LogP contribution in [0.25, 0.3) is 0 Å². The second kappa shape index (κ2) is 12.9. The maximum Gasteiger partial charge on any atom is 0.143 e. The molecule has 184 valence electrons. The molecule has 0 N–H and O–H groups in total. The second-order valence-corrected chi connectivity index (χ2v) is 9.85. The van der Waals surface area contributed by atoms with E-state index in [1.165, 1.54) is 22.3 Å². The van der Waals surface area contributed by atoms with Crippen LogP contribution in [0.15, 0.2) is 72.8 Å². The van der Waals surface area contributed by atoms with Crippen LogP contribution in [0.3, 0.4) is 0 Å². The minimum atomic E-state index is 0.214. The van der Waals surface area contributed by atoms with Crippen LogP contribution < -0.4 is 9.47 Å². The van der Waals surface area contributed by atoms with Gasteiger partial charge >= 0.3 is 0 Å². The molecule has 2 atom stereocenters. The van der Waals surface area contributed by atoms with Crippen molar-refractivity contribution in [3.63, 3.8) is 0 Å². The maximum absolute atomic E-state index is 11.5. The molecule has 3 aromatic rings. The van der Waals surface area contributed by atoms with Crippen LogP contribution in [0, 0.1) is 0 Å². The fourth-order valence-electron chi connectivity index (χ4n) is 4.99. The number of fused-ring (bicyclic) bond motifs is 1. The van der Waals surface area contributed by atoms with Gasteiger partial charge in [-0.05, 0) is 78.1 Å². The number of rotatable bonds is 12. The molecule has 0 saturated heterocycles. The highest BCUT2D eigenvalue weighted by molar-refractivity contribution is 9.09. The fourth-order valence-corrected chi connectivity index (χ4v) is 5.27. The van der Waals surface area contributed by atoms with Crippen molar-refractivity contribution in [1.82, 2.24) is 0 Å². The molecule has 0 amide bonds. The third-order valence-corrected chi connectivity index (χ3v) is 7.45. The zero-order valence-electron chi connectivity index (χ0n) is 20.5. The zero-order valence-corrected chi connectivity index (χ0v) is 22.1. The Morgan fingerprint density at radius 2 is 1.60 bits per heavy atom. The van der Waals surface area contributed by atoms with Crippen LogP contribution in [-0.4, -0.2) is 24.3 Å². The summed E-state index contributed by atoms with van der Waals surface area (Å²) in [7, 11) is 0. The number of aryl methyl sites for hydroxylation is 1. The van der Waals surface area contributed by atoms with Crippen molar-refractivity contribution in [2.24, 2.45) is 0 Å². The van der Waals surface area contributed by atoms with Crippen molar-refractivity contribution in [3.05, 3.63) is 95.1 Å². The fraction of sp³-hybridized carbons (Fsp3) is 0.387. The Balaban J connectivity index is 1.55. The zero-order chi connectivity index (χ0) is 24.5. The molecule has 0 unspecified atom stereocenters. The Kier molecular flexibility index (Phi) is 9.42. The Bertz CT molecular complexity index is 1080. The van der Waals surface area contributed by atoms with Gasteiger partial charge in [-0.25, -0.2) is 0 Å². The summed E-state index contributed by atoms with van der Waals surface area (Å²) in [6.07, 6.45) is 5.67. The van der Waals surface area contributed by atoms with Crippen molar-refractivity contribution in [3.8, 4) is 11.5 Å². The highest BCUT2D eigenvalue weighted by Gasteiger charge is 2.32.